The van der Waals surface area contributed by atoms with Crippen LogP contribution in [-0.4, -0.2) is 7.28 Å². The van der Waals surface area contributed by atoms with E-state index in [1.54, 1.807) is 0 Å². The molecule has 3 aliphatic carbocycles. The van der Waals surface area contributed by atoms with Crippen molar-refractivity contribution in [3.63, 3.8) is 0 Å². The number of hydrogen-bond acceptors (Lipinski definition) is 3. The summed E-state index contributed by atoms with van der Waals surface area (Å²) < 4.78 is 6.83. The van der Waals surface area contributed by atoms with Crippen LogP contribution in [0.2, 0.25) is 0 Å². The van der Waals surface area contributed by atoms with Crippen molar-refractivity contribution >= 4 is 68.6 Å². The summed E-state index contributed by atoms with van der Waals surface area (Å²) in [7, 11) is 2.53. The van der Waals surface area contributed by atoms with Gasteiger partial charge in [-0.3, -0.25) is 0 Å². The Balaban J connectivity index is 1.17. The Bertz CT molecular complexity index is 3550. The molecule has 0 amide bonds. The topological polar surface area (TPSA) is 28.4 Å². The largest absolute Gasteiger partial charge is 0.456 e. The number of nitrogens with zero attached hydrogens (tertiary/aromatic N) is 1. The van der Waals surface area contributed by atoms with Crippen LogP contribution in [0, 0.1) is 13.8 Å². The SMILES string of the molecule is Cc1cccc(C)c1-c1cc(-c2cc3oc4ccccc4c3cc2Nc2ccc3c(c2)C(C)(C)CCC3(C)C)c2c(c1)N(c1ccc3c(c1)C(C)(C)CCC3(C)C)c1cc3c(cc1[B]2)C(C)(C)CCC3(C)C. The van der Waals surface area contributed by atoms with E-state index < -0.39 is 0 Å². The third-order valence-corrected chi connectivity index (χ3v) is 18.7. The van der Waals surface area contributed by atoms with Crippen LogP contribution in [0.25, 0.3) is 44.2 Å². The molecule has 4 heteroatoms. The highest BCUT2D eigenvalue weighted by atomic mass is 16.3. The zero-order chi connectivity index (χ0) is 50.7. The summed E-state index contributed by atoms with van der Waals surface area (Å²) in [6, 6.07) is 44.8. The van der Waals surface area contributed by atoms with E-state index in [1.807, 2.05) is 0 Å². The number of anilines is 5. The van der Waals surface area contributed by atoms with Gasteiger partial charge in [-0.2, -0.15) is 0 Å². The van der Waals surface area contributed by atoms with Gasteiger partial charge in [0.15, 0.2) is 7.28 Å². The molecule has 1 N–H and O–H groups in total. The zero-order valence-electron chi connectivity index (χ0n) is 45.6. The van der Waals surface area contributed by atoms with Gasteiger partial charge in [-0.25, -0.2) is 0 Å². The molecule has 0 spiro atoms. The van der Waals surface area contributed by atoms with Crippen molar-refractivity contribution in [1.82, 2.24) is 0 Å². The number of aryl methyl sites for hydroxylation is 2. The van der Waals surface area contributed by atoms with Crippen molar-refractivity contribution in [3.8, 4) is 22.3 Å². The predicted octanol–water partition coefficient (Wildman–Crippen LogP) is 17.8. The van der Waals surface area contributed by atoms with Crippen molar-refractivity contribution in [2.24, 2.45) is 0 Å². The van der Waals surface area contributed by atoms with Crippen LogP contribution in [0.3, 0.4) is 0 Å². The second-order valence-corrected chi connectivity index (χ2v) is 26.6. The summed E-state index contributed by atoms with van der Waals surface area (Å²) >= 11 is 0. The molecule has 8 aromatic rings. The summed E-state index contributed by atoms with van der Waals surface area (Å²) in [5.74, 6) is 0. The Hall–Kier alpha value is -6.00. The Morgan fingerprint density at radius 3 is 1.65 bits per heavy atom. The molecule has 0 unspecified atom stereocenters. The number of para-hydroxylation sites is 1. The van der Waals surface area contributed by atoms with Gasteiger partial charge in [0.1, 0.15) is 11.2 Å². The molecule has 2 heterocycles. The first-order valence-corrected chi connectivity index (χ1v) is 27.0. The highest BCUT2D eigenvalue weighted by Crippen LogP contribution is 2.53. The summed E-state index contributed by atoms with van der Waals surface area (Å²) in [5.41, 5.74) is 26.8. The number of fused-ring (bicyclic) bond motifs is 8. The van der Waals surface area contributed by atoms with Crippen LogP contribution in [0.1, 0.15) is 166 Å². The average Bonchev–Trinajstić information content (AvgIpc) is 3.69. The Labute approximate surface area is 431 Å². The standard InChI is InChI=1S/C68H74BN2O/c1-40-18-17-19-41(2)61(40)42-32-48(46-37-60-47(45-20-15-16-21-59(45)72-60)36-56(46)70-43-22-24-49-51(34-43)65(7,8)28-26-63(49,3)4)62-58(33-42)71(44-23-25-50-52(35-44)66(9,10)29-27-64(50,5)6)57-39-54-53(38-55(57)69-62)67(11,12)30-31-68(54,13)14/h15-25,32-39,70H,26-31H2,1-14H3. The number of furan rings is 1. The van der Waals surface area contributed by atoms with Crippen LogP contribution in [0.4, 0.5) is 28.4 Å². The van der Waals surface area contributed by atoms with Gasteiger partial charge in [-0.1, -0.05) is 143 Å². The van der Waals surface area contributed by atoms with E-state index in [0.29, 0.717) is 0 Å². The van der Waals surface area contributed by atoms with E-state index in [0.717, 1.165) is 64.6 Å². The lowest BCUT2D eigenvalue weighted by Gasteiger charge is -2.45. The molecule has 12 rings (SSSR count). The van der Waals surface area contributed by atoms with Gasteiger partial charge >= 0.3 is 0 Å². The van der Waals surface area contributed by atoms with Crippen molar-refractivity contribution < 1.29 is 4.42 Å². The molecule has 3 nitrogen and oxygen atoms in total. The molecular weight excluding hydrogens is 872 g/mol. The lowest BCUT2D eigenvalue weighted by molar-refractivity contribution is 0.332. The van der Waals surface area contributed by atoms with Gasteiger partial charge in [0, 0.05) is 44.8 Å². The minimum atomic E-state index is 0.0448. The molecule has 0 saturated carbocycles. The van der Waals surface area contributed by atoms with E-state index in [9.17, 15) is 0 Å². The predicted molar refractivity (Wildman–Crippen MR) is 309 cm³/mol. The zero-order valence-corrected chi connectivity index (χ0v) is 45.6. The Morgan fingerprint density at radius 2 is 1.01 bits per heavy atom. The molecule has 0 saturated heterocycles. The lowest BCUT2D eigenvalue weighted by atomic mass is 9.55. The van der Waals surface area contributed by atoms with Gasteiger partial charge in [-0.15, -0.1) is 0 Å². The molecule has 1 radical (unpaired) electrons. The van der Waals surface area contributed by atoms with Crippen LogP contribution >= 0.6 is 0 Å². The number of benzene rings is 7. The van der Waals surface area contributed by atoms with Crippen molar-refractivity contribution in [3.05, 3.63) is 160 Å². The van der Waals surface area contributed by atoms with Crippen LogP contribution in [0.5, 0.6) is 0 Å². The third kappa shape index (κ3) is 7.34. The molecule has 72 heavy (non-hydrogen) atoms. The lowest BCUT2D eigenvalue weighted by Crippen LogP contribution is -2.44. The molecule has 1 aliphatic heterocycles. The maximum atomic E-state index is 6.83. The molecule has 4 aliphatic rings. The van der Waals surface area contributed by atoms with Crippen molar-refractivity contribution in [2.45, 2.75) is 168 Å². The number of rotatable bonds is 5. The van der Waals surface area contributed by atoms with Crippen molar-refractivity contribution in [1.29, 1.82) is 0 Å². The molecule has 365 valence electrons. The average molecular weight is 946 g/mol. The Morgan fingerprint density at radius 1 is 0.458 bits per heavy atom. The highest BCUT2D eigenvalue weighted by Gasteiger charge is 2.42. The van der Waals surface area contributed by atoms with E-state index in [1.165, 1.54) is 102 Å². The maximum Gasteiger partial charge on any atom is 0.197 e. The molecule has 0 atom stereocenters. The van der Waals surface area contributed by atoms with Crippen molar-refractivity contribution in [2.75, 3.05) is 10.2 Å². The van der Waals surface area contributed by atoms with Gasteiger partial charge in [0.2, 0.25) is 0 Å². The monoisotopic (exact) mass is 946 g/mol. The summed E-state index contributed by atoms with van der Waals surface area (Å²) in [6.45, 7) is 33.9. The van der Waals surface area contributed by atoms with E-state index in [2.05, 4.69) is 230 Å². The highest BCUT2D eigenvalue weighted by molar-refractivity contribution is 6.73. The second-order valence-electron chi connectivity index (χ2n) is 26.6. The molecule has 0 fully saturated rings. The first-order valence-electron chi connectivity index (χ1n) is 27.0. The molecule has 1 aromatic heterocycles. The Kier molecular flexibility index (Phi) is 10.3. The first-order chi connectivity index (χ1) is 33.9. The van der Waals surface area contributed by atoms with E-state index >= 15 is 0 Å². The van der Waals surface area contributed by atoms with Gasteiger partial charge in [0.25, 0.3) is 0 Å². The minimum absolute atomic E-state index is 0.0448. The minimum Gasteiger partial charge on any atom is -0.456 e. The summed E-state index contributed by atoms with van der Waals surface area (Å²) in [4.78, 5) is 2.65. The third-order valence-electron chi connectivity index (χ3n) is 18.7. The normalized spacial score (nSPS) is 19.4. The van der Waals surface area contributed by atoms with E-state index in [-0.39, 0.29) is 32.5 Å². The molecular formula is C68H74BN2O. The quantitative estimate of drug-likeness (QED) is 0.174. The second kappa shape index (κ2) is 15.8. The summed E-state index contributed by atoms with van der Waals surface area (Å²) in [6.07, 6.45) is 7.02. The summed E-state index contributed by atoms with van der Waals surface area (Å²) in [5, 5.41) is 6.37. The molecule has 7 aromatic carbocycles. The number of nitrogens with one attached hydrogen (secondary N) is 1. The van der Waals surface area contributed by atoms with Gasteiger partial charge < -0.3 is 14.6 Å². The number of hydrogen-bond donors (Lipinski definition) is 1. The van der Waals surface area contributed by atoms with Gasteiger partial charge in [0.05, 0.1) is 0 Å². The first kappa shape index (κ1) is 47.0. The fraction of sp³-hybridized carbons (Fsp3) is 0.382. The fourth-order valence-electron chi connectivity index (χ4n) is 13.7. The molecule has 0 bridgehead atoms. The fourth-order valence-corrected chi connectivity index (χ4v) is 13.7. The maximum absolute atomic E-state index is 6.83. The smallest absolute Gasteiger partial charge is 0.197 e. The van der Waals surface area contributed by atoms with Crippen LogP contribution in [0.15, 0.2) is 120 Å². The van der Waals surface area contributed by atoms with Crippen LogP contribution in [-0.2, 0) is 32.5 Å². The van der Waals surface area contributed by atoms with Gasteiger partial charge in [-0.05, 0) is 212 Å². The van der Waals surface area contributed by atoms with Crippen LogP contribution < -0.4 is 21.1 Å². The van der Waals surface area contributed by atoms with E-state index in [4.69, 9.17) is 4.42 Å².